The molecule has 0 spiro atoms. The third kappa shape index (κ3) is 4.35. The van der Waals surface area contributed by atoms with Crippen LogP contribution in [-0.4, -0.2) is 15.7 Å². The van der Waals surface area contributed by atoms with Crippen LogP contribution in [0.2, 0.25) is 0 Å². The second kappa shape index (κ2) is 8.82. The number of hydrogen-bond acceptors (Lipinski definition) is 3. The summed E-state index contributed by atoms with van der Waals surface area (Å²) in [7, 11) is 0. The first-order chi connectivity index (χ1) is 13.6. The molecule has 1 aromatic heterocycles. The number of carboxylic acid groups (broad SMARTS) is 1. The highest BCUT2D eigenvalue weighted by Crippen LogP contribution is 2.33. The van der Waals surface area contributed by atoms with Gasteiger partial charge in [0, 0.05) is 22.7 Å². The zero-order chi connectivity index (χ0) is 19.9. The SMILES string of the molecule is CC(=O)[O-].Cc1c(-c2ccccc2)nn(-c2ccccc2)c1-c1ccccc1. The monoisotopic (exact) mass is 369 g/mol. The summed E-state index contributed by atoms with van der Waals surface area (Å²) in [4.78, 5) is 8.89. The molecule has 0 aliphatic heterocycles. The van der Waals surface area contributed by atoms with E-state index in [0.717, 1.165) is 29.6 Å². The molecule has 0 unspecified atom stereocenters. The fraction of sp³-hybridized carbons (Fsp3) is 0.0833. The van der Waals surface area contributed by atoms with Crippen molar-refractivity contribution in [2.75, 3.05) is 0 Å². The van der Waals surface area contributed by atoms with Gasteiger partial charge in [-0.15, -0.1) is 0 Å². The molecular formula is C24H21N2O2-. The fourth-order valence-corrected chi connectivity index (χ4v) is 3.06. The molecule has 4 rings (SSSR count). The summed E-state index contributed by atoms with van der Waals surface area (Å²) in [6.45, 7) is 3.12. The second-order valence-electron chi connectivity index (χ2n) is 6.29. The Kier molecular flexibility index (Phi) is 6.02. The van der Waals surface area contributed by atoms with Gasteiger partial charge < -0.3 is 9.90 Å². The van der Waals surface area contributed by atoms with Gasteiger partial charge in [0.1, 0.15) is 0 Å². The van der Waals surface area contributed by atoms with E-state index in [4.69, 9.17) is 15.0 Å². The van der Waals surface area contributed by atoms with Gasteiger partial charge in [0.25, 0.3) is 0 Å². The van der Waals surface area contributed by atoms with Gasteiger partial charge in [0.15, 0.2) is 0 Å². The van der Waals surface area contributed by atoms with Crippen LogP contribution in [-0.2, 0) is 4.79 Å². The van der Waals surface area contributed by atoms with E-state index >= 15 is 0 Å². The lowest BCUT2D eigenvalue weighted by Gasteiger charge is -2.08. The molecule has 0 radical (unpaired) electrons. The Morgan fingerprint density at radius 2 is 1.21 bits per heavy atom. The highest BCUT2D eigenvalue weighted by atomic mass is 16.4. The Balaban J connectivity index is 0.000000516. The van der Waals surface area contributed by atoms with Crippen LogP contribution in [0.15, 0.2) is 91.0 Å². The zero-order valence-corrected chi connectivity index (χ0v) is 15.9. The number of para-hydroxylation sites is 1. The number of nitrogens with zero attached hydrogens (tertiary/aromatic N) is 2. The van der Waals surface area contributed by atoms with Crippen molar-refractivity contribution in [1.29, 1.82) is 0 Å². The lowest BCUT2D eigenvalue weighted by atomic mass is 10.0. The van der Waals surface area contributed by atoms with Crippen LogP contribution in [0.4, 0.5) is 0 Å². The van der Waals surface area contributed by atoms with Crippen molar-refractivity contribution in [2.45, 2.75) is 13.8 Å². The highest BCUT2D eigenvalue weighted by molar-refractivity contribution is 5.75. The molecule has 3 aromatic carbocycles. The number of hydrogen-bond donors (Lipinski definition) is 0. The maximum absolute atomic E-state index is 8.89. The average molecular weight is 369 g/mol. The van der Waals surface area contributed by atoms with Crippen molar-refractivity contribution < 1.29 is 9.90 Å². The van der Waals surface area contributed by atoms with Crippen molar-refractivity contribution >= 4 is 5.97 Å². The third-order valence-corrected chi connectivity index (χ3v) is 4.22. The molecule has 1 heterocycles. The fourth-order valence-electron chi connectivity index (χ4n) is 3.06. The first kappa shape index (κ1) is 19.1. The first-order valence-electron chi connectivity index (χ1n) is 9.01. The molecule has 140 valence electrons. The van der Waals surface area contributed by atoms with E-state index in [9.17, 15) is 0 Å². The van der Waals surface area contributed by atoms with Crippen LogP contribution in [0.25, 0.3) is 28.2 Å². The molecule has 0 saturated heterocycles. The van der Waals surface area contributed by atoms with Crippen molar-refractivity contribution in [3.05, 3.63) is 96.6 Å². The van der Waals surface area contributed by atoms with Crippen LogP contribution < -0.4 is 5.11 Å². The summed E-state index contributed by atoms with van der Waals surface area (Å²) in [5.74, 6) is -1.08. The minimum Gasteiger partial charge on any atom is -0.550 e. The molecular weight excluding hydrogens is 348 g/mol. The first-order valence-corrected chi connectivity index (χ1v) is 9.01. The topological polar surface area (TPSA) is 57.9 Å². The van der Waals surface area contributed by atoms with E-state index in [1.807, 2.05) is 35.0 Å². The van der Waals surface area contributed by atoms with E-state index in [-0.39, 0.29) is 0 Å². The lowest BCUT2D eigenvalue weighted by molar-refractivity contribution is -0.302. The van der Waals surface area contributed by atoms with Crippen LogP contribution in [0.5, 0.6) is 0 Å². The minimum absolute atomic E-state index is 0.972. The van der Waals surface area contributed by atoms with E-state index in [2.05, 4.69) is 67.6 Å². The molecule has 0 amide bonds. The Bertz CT molecular complexity index is 1040. The normalized spacial score (nSPS) is 10.1. The predicted molar refractivity (Wildman–Crippen MR) is 110 cm³/mol. The molecule has 0 N–H and O–H groups in total. The predicted octanol–water partition coefficient (Wildman–Crippen LogP) is 4.27. The molecule has 28 heavy (non-hydrogen) atoms. The van der Waals surface area contributed by atoms with E-state index in [1.54, 1.807) is 0 Å². The summed E-state index contributed by atoms with van der Waals surface area (Å²) >= 11 is 0. The van der Waals surface area contributed by atoms with Crippen molar-refractivity contribution in [2.24, 2.45) is 0 Å². The van der Waals surface area contributed by atoms with Gasteiger partial charge in [-0.1, -0.05) is 78.9 Å². The summed E-state index contributed by atoms with van der Waals surface area (Å²) in [6.07, 6.45) is 0. The van der Waals surface area contributed by atoms with Crippen LogP contribution in [0, 0.1) is 6.92 Å². The van der Waals surface area contributed by atoms with Gasteiger partial charge in [-0.05, 0) is 26.0 Å². The molecule has 0 aliphatic carbocycles. The molecule has 4 aromatic rings. The van der Waals surface area contributed by atoms with E-state index in [0.29, 0.717) is 0 Å². The smallest absolute Gasteiger partial charge is 0.0963 e. The van der Waals surface area contributed by atoms with E-state index < -0.39 is 5.97 Å². The number of rotatable bonds is 3. The molecule has 0 atom stereocenters. The van der Waals surface area contributed by atoms with Gasteiger partial charge in [-0.2, -0.15) is 5.10 Å². The van der Waals surface area contributed by atoms with Gasteiger partial charge in [-0.25, -0.2) is 4.68 Å². The molecule has 4 nitrogen and oxygen atoms in total. The summed E-state index contributed by atoms with van der Waals surface area (Å²) in [6, 6.07) is 31.1. The largest absolute Gasteiger partial charge is 0.550 e. The lowest BCUT2D eigenvalue weighted by Crippen LogP contribution is -2.16. The van der Waals surface area contributed by atoms with Gasteiger partial charge in [0.2, 0.25) is 0 Å². The maximum atomic E-state index is 8.89. The second-order valence-corrected chi connectivity index (χ2v) is 6.29. The van der Waals surface area contributed by atoms with Gasteiger partial charge in [0.05, 0.1) is 17.1 Å². The number of carbonyl (C=O) groups is 1. The minimum atomic E-state index is -1.08. The highest BCUT2D eigenvalue weighted by Gasteiger charge is 2.18. The van der Waals surface area contributed by atoms with Crippen LogP contribution >= 0.6 is 0 Å². The molecule has 0 saturated carbocycles. The van der Waals surface area contributed by atoms with Crippen LogP contribution in [0.3, 0.4) is 0 Å². The molecule has 4 heteroatoms. The number of carbonyl (C=O) groups excluding carboxylic acids is 1. The average Bonchev–Trinajstić information content (AvgIpc) is 3.07. The molecule has 0 fully saturated rings. The summed E-state index contributed by atoms with van der Waals surface area (Å²) < 4.78 is 2.05. The number of aromatic nitrogens is 2. The Hall–Kier alpha value is -3.66. The Morgan fingerprint density at radius 1 is 0.786 bits per heavy atom. The Morgan fingerprint density at radius 3 is 1.71 bits per heavy atom. The molecule has 0 aliphatic rings. The standard InChI is InChI=1S/C22H18N2.C2H4O2/c1-17-21(18-11-5-2-6-12-18)23-24(20-15-9-4-10-16-20)22(17)19-13-7-3-8-14-19;1-2(3)4/h2-16H,1H3;1H3,(H,3,4)/p-1. The van der Waals surface area contributed by atoms with Crippen molar-refractivity contribution in [3.63, 3.8) is 0 Å². The third-order valence-electron chi connectivity index (χ3n) is 4.22. The quantitative estimate of drug-likeness (QED) is 0.542. The number of carboxylic acids is 1. The summed E-state index contributed by atoms with van der Waals surface area (Å²) in [5.41, 5.74) is 6.74. The van der Waals surface area contributed by atoms with Crippen molar-refractivity contribution in [1.82, 2.24) is 9.78 Å². The molecule has 0 bridgehead atoms. The zero-order valence-electron chi connectivity index (χ0n) is 15.9. The van der Waals surface area contributed by atoms with E-state index in [1.165, 1.54) is 11.1 Å². The van der Waals surface area contributed by atoms with Crippen molar-refractivity contribution in [3.8, 4) is 28.2 Å². The number of aliphatic carboxylic acids is 1. The maximum Gasteiger partial charge on any atom is 0.0963 e. The van der Waals surface area contributed by atoms with Gasteiger partial charge >= 0.3 is 0 Å². The summed E-state index contributed by atoms with van der Waals surface area (Å²) in [5, 5.41) is 13.8. The van der Waals surface area contributed by atoms with Crippen LogP contribution in [0.1, 0.15) is 12.5 Å². The Labute approximate surface area is 164 Å². The van der Waals surface area contributed by atoms with Gasteiger partial charge in [-0.3, -0.25) is 0 Å². The number of benzene rings is 3.